The predicted molar refractivity (Wildman–Crippen MR) is 105 cm³/mol. The summed E-state index contributed by atoms with van der Waals surface area (Å²) in [5, 5.41) is 5.31. The number of anilines is 1. The Morgan fingerprint density at radius 3 is 2.50 bits per heavy atom. The summed E-state index contributed by atoms with van der Waals surface area (Å²) in [5.74, 6) is -0.225. The highest BCUT2D eigenvalue weighted by Gasteiger charge is 2.15. The van der Waals surface area contributed by atoms with Crippen LogP contribution in [0.4, 0.5) is 10.2 Å². The van der Waals surface area contributed by atoms with E-state index in [1.807, 2.05) is 12.1 Å². The van der Waals surface area contributed by atoms with E-state index in [4.69, 9.17) is 0 Å². The van der Waals surface area contributed by atoms with Gasteiger partial charge in [-0.15, -0.1) is 0 Å². The van der Waals surface area contributed by atoms with Crippen molar-refractivity contribution in [3.05, 3.63) is 59.5 Å². The van der Waals surface area contributed by atoms with Crippen molar-refractivity contribution in [3.8, 4) is 0 Å². The topological polar surface area (TPSA) is 77.6 Å². The van der Waals surface area contributed by atoms with Gasteiger partial charge in [-0.05, 0) is 49.0 Å². The number of hydrogen-bond acceptors (Lipinski definition) is 5. The summed E-state index contributed by atoms with van der Waals surface area (Å²) in [7, 11) is 2.10. The Hall–Kier alpha value is -3.00. The number of carbonyl (C=O) groups excluding carboxylic acids is 2. The third kappa shape index (κ3) is 5.50. The summed E-state index contributed by atoms with van der Waals surface area (Å²) >= 11 is 0. The number of benzene rings is 1. The Labute approximate surface area is 163 Å². The lowest BCUT2D eigenvalue weighted by molar-refractivity contribution is -0.120. The van der Waals surface area contributed by atoms with Crippen molar-refractivity contribution in [2.24, 2.45) is 0 Å². The van der Waals surface area contributed by atoms with Gasteiger partial charge in [0.15, 0.2) is 0 Å². The molecule has 2 heterocycles. The van der Waals surface area contributed by atoms with E-state index < -0.39 is 11.7 Å². The Bertz CT molecular complexity index is 820. The zero-order valence-corrected chi connectivity index (χ0v) is 15.8. The molecule has 7 nitrogen and oxygen atoms in total. The maximum Gasteiger partial charge on any atom is 0.251 e. The highest BCUT2D eigenvalue weighted by molar-refractivity contribution is 5.96. The van der Waals surface area contributed by atoms with Crippen molar-refractivity contribution in [2.45, 2.75) is 6.54 Å². The first-order valence-corrected chi connectivity index (χ1v) is 9.20. The van der Waals surface area contributed by atoms with E-state index in [2.05, 4.69) is 32.5 Å². The smallest absolute Gasteiger partial charge is 0.251 e. The molecule has 0 radical (unpaired) electrons. The molecular weight excluding hydrogens is 361 g/mol. The maximum absolute atomic E-state index is 12.9. The van der Waals surface area contributed by atoms with Crippen LogP contribution in [-0.4, -0.2) is 61.5 Å². The van der Waals surface area contributed by atoms with Crippen LogP contribution in [0.25, 0.3) is 0 Å². The number of pyridine rings is 1. The standard InChI is InChI=1S/C20H24FN5O2/c1-25-8-10-26(11-9-25)18-12-15(6-7-22-18)13-23-19(27)14-24-20(28)16-2-4-17(21)5-3-16/h2-7,12H,8-11,13-14H2,1H3,(H,23,27)(H,24,28). The molecule has 2 N–H and O–H groups in total. The summed E-state index contributed by atoms with van der Waals surface area (Å²) in [6.07, 6.45) is 1.74. The monoisotopic (exact) mass is 385 g/mol. The number of aromatic nitrogens is 1. The van der Waals surface area contributed by atoms with Crippen molar-refractivity contribution < 1.29 is 14.0 Å². The van der Waals surface area contributed by atoms with E-state index in [-0.39, 0.29) is 12.5 Å². The first-order chi connectivity index (χ1) is 13.5. The molecule has 1 fully saturated rings. The number of amides is 2. The van der Waals surface area contributed by atoms with Crippen LogP contribution in [0.5, 0.6) is 0 Å². The van der Waals surface area contributed by atoms with E-state index in [9.17, 15) is 14.0 Å². The van der Waals surface area contributed by atoms with Gasteiger partial charge in [-0.25, -0.2) is 9.37 Å². The highest BCUT2D eigenvalue weighted by atomic mass is 19.1. The van der Waals surface area contributed by atoms with Crippen molar-refractivity contribution in [3.63, 3.8) is 0 Å². The van der Waals surface area contributed by atoms with E-state index in [0.29, 0.717) is 12.1 Å². The van der Waals surface area contributed by atoms with Crippen LogP contribution in [0.15, 0.2) is 42.6 Å². The zero-order chi connectivity index (χ0) is 19.9. The lowest BCUT2D eigenvalue weighted by Gasteiger charge is -2.33. The number of nitrogens with zero attached hydrogens (tertiary/aromatic N) is 3. The van der Waals surface area contributed by atoms with Gasteiger partial charge >= 0.3 is 0 Å². The van der Waals surface area contributed by atoms with Crippen molar-refractivity contribution in [1.82, 2.24) is 20.5 Å². The van der Waals surface area contributed by atoms with Gasteiger partial charge in [-0.3, -0.25) is 9.59 Å². The molecular formula is C20H24FN5O2. The Kier molecular flexibility index (Phi) is 6.54. The van der Waals surface area contributed by atoms with Gasteiger partial charge in [0.25, 0.3) is 5.91 Å². The number of likely N-dealkylation sites (N-methyl/N-ethyl adjacent to an activating group) is 1. The number of hydrogen-bond donors (Lipinski definition) is 2. The van der Waals surface area contributed by atoms with E-state index >= 15 is 0 Å². The molecule has 1 aromatic carbocycles. The number of piperazine rings is 1. The van der Waals surface area contributed by atoms with Gasteiger partial charge < -0.3 is 20.4 Å². The molecule has 1 saturated heterocycles. The summed E-state index contributed by atoms with van der Waals surface area (Å²) < 4.78 is 12.9. The normalized spacial score (nSPS) is 14.6. The van der Waals surface area contributed by atoms with Gasteiger partial charge in [-0.2, -0.15) is 0 Å². The minimum atomic E-state index is -0.420. The number of nitrogens with one attached hydrogen (secondary N) is 2. The van der Waals surface area contributed by atoms with Gasteiger partial charge in [0.05, 0.1) is 6.54 Å². The van der Waals surface area contributed by atoms with E-state index in [0.717, 1.165) is 37.6 Å². The first-order valence-electron chi connectivity index (χ1n) is 9.20. The number of carbonyl (C=O) groups is 2. The third-order valence-corrected chi connectivity index (χ3v) is 4.64. The summed E-state index contributed by atoms with van der Waals surface area (Å²) in [4.78, 5) is 32.9. The zero-order valence-electron chi connectivity index (χ0n) is 15.8. The van der Waals surface area contributed by atoms with Crippen LogP contribution in [0, 0.1) is 5.82 Å². The number of rotatable bonds is 6. The Morgan fingerprint density at radius 2 is 1.79 bits per heavy atom. The average molecular weight is 385 g/mol. The molecule has 0 bridgehead atoms. The average Bonchev–Trinajstić information content (AvgIpc) is 2.72. The molecule has 2 amide bonds. The molecule has 0 unspecified atom stereocenters. The maximum atomic E-state index is 12.9. The van der Waals surface area contributed by atoms with E-state index in [1.54, 1.807) is 6.20 Å². The van der Waals surface area contributed by atoms with E-state index in [1.165, 1.54) is 24.3 Å². The van der Waals surface area contributed by atoms with Crippen LogP contribution in [0.2, 0.25) is 0 Å². The fourth-order valence-corrected chi connectivity index (χ4v) is 2.91. The van der Waals surface area contributed by atoms with Gasteiger partial charge in [-0.1, -0.05) is 0 Å². The van der Waals surface area contributed by atoms with Gasteiger partial charge in [0, 0.05) is 44.5 Å². The molecule has 0 spiro atoms. The predicted octanol–water partition coefficient (Wildman–Crippen LogP) is 1.02. The molecule has 1 aliphatic heterocycles. The molecule has 8 heteroatoms. The summed E-state index contributed by atoms with van der Waals surface area (Å²) in [6, 6.07) is 8.99. The van der Waals surface area contributed by atoms with Gasteiger partial charge in [0.2, 0.25) is 5.91 Å². The molecule has 1 aromatic heterocycles. The van der Waals surface area contributed by atoms with Crippen molar-refractivity contribution in [2.75, 3.05) is 44.7 Å². The lowest BCUT2D eigenvalue weighted by Crippen LogP contribution is -2.44. The highest BCUT2D eigenvalue weighted by Crippen LogP contribution is 2.14. The first kappa shape index (κ1) is 19.8. The Balaban J connectivity index is 1.46. The Morgan fingerprint density at radius 1 is 1.07 bits per heavy atom. The fourth-order valence-electron chi connectivity index (χ4n) is 2.91. The van der Waals surface area contributed by atoms with Crippen molar-refractivity contribution in [1.29, 1.82) is 0 Å². The molecule has 3 rings (SSSR count). The quantitative estimate of drug-likeness (QED) is 0.776. The molecule has 2 aromatic rings. The lowest BCUT2D eigenvalue weighted by atomic mass is 10.2. The van der Waals surface area contributed by atoms with Crippen LogP contribution in [0.1, 0.15) is 15.9 Å². The second-order valence-electron chi connectivity index (χ2n) is 6.78. The van der Waals surface area contributed by atoms with Crippen molar-refractivity contribution >= 4 is 17.6 Å². The molecule has 0 saturated carbocycles. The van der Waals surface area contributed by atoms with Gasteiger partial charge in [0.1, 0.15) is 11.6 Å². The third-order valence-electron chi connectivity index (χ3n) is 4.64. The SMILES string of the molecule is CN1CCN(c2cc(CNC(=O)CNC(=O)c3ccc(F)cc3)ccn2)CC1. The van der Waals surface area contributed by atoms with Crippen LogP contribution >= 0.6 is 0 Å². The number of halogens is 1. The molecule has 0 aliphatic carbocycles. The molecule has 0 atom stereocenters. The molecule has 148 valence electrons. The second-order valence-corrected chi connectivity index (χ2v) is 6.78. The summed E-state index contributed by atoms with van der Waals surface area (Å²) in [5.41, 5.74) is 1.25. The molecule has 1 aliphatic rings. The summed E-state index contributed by atoms with van der Waals surface area (Å²) in [6.45, 7) is 4.05. The largest absolute Gasteiger partial charge is 0.354 e. The second kappa shape index (κ2) is 9.27. The fraction of sp³-hybridized carbons (Fsp3) is 0.350. The minimum absolute atomic E-state index is 0.146. The van der Waals surface area contributed by atoms with Crippen LogP contribution in [-0.2, 0) is 11.3 Å². The minimum Gasteiger partial charge on any atom is -0.354 e. The molecule has 28 heavy (non-hydrogen) atoms. The van der Waals surface area contributed by atoms with Crippen LogP contribution in [0.3, 0.4) is 0 Å². The van der Waals surface area contributed by atoms with Crippen LogP contribution < -0.4 is 15.5 Å².